The Hall–Kier alpha value is -1.89. The summed E-state index contributed by atoms with van der Waals surface area (Å²) in [6, 6.07) is -2.36. The lowest BCUT2D eigenvalue weighted by Gasteiger charge is -2.11. The van der Waals surface area contributed by atoms with E-state index in [1.165, 1.54) is 0 Å². The Morgan fingerprint density at radius 1 is 0.893 bits per heavy atom. The summed E-state index contributed by atoms with van der Waals surface area (Å²) in [4.78, 5) is 40.4. The molecular weight excluding hydrogens is 392 g/mol. The number of carboxylic acids is 3. The molecule has 11 N–H and O–H groups in total. The highest BCUT2D eigenvalue weighted by Crippen LogP contribution is 2.04. The van der Waals surface area contributed by atoms with Crippen molar-refractivity contribution in [2.24, 2.45) is 28.9 Å². The Morgan fingerprint density at radius 2 is 1.32 bits per heavy atom. The third-order valence-electron chi connectivity index (χ3n) is 3.51. The molecule has 0 aliphatic heterocycles. The van der Waals surface area contributed by atoms with Gasteiger partial charge in [0.2, 0.25) is 5.91 Å². The van der Waals surface area contributed by atoms with Crippen LogP contribution in [0.2, 0.25) is 0 Å². The molecule has 0 aliphatic rings. The number of primary amides is 1. The van der Waals surface area contributed by atoms with E-state index in [0.717, 1.165) is 12.2 Å². The maximum absolute atomic E-state index is 10.2. The minimum Gasteiger partial charge on any atom is -0.480 e. The molecule has 0 unspecified atom stereocenters. The predicted octanol–water partition coefficient (Wildman–Crippen LogP) is -0.740. The second-order valence-corrected chi connectivity index (χ2v) is 6.91. The second kappa shape index (κ2) is 18.5. The molecule has 166 valence electrons. The van der Waals surface area contributed by atoms with Gasteiger partial charge in [-0.05, 0) is 30.8 Å². The highest BCUT2D eigenvalue weighted by Gasteiger charge is 2.17. The highest BCUT2D eigenvalue weighted by atomic mass is 32.2. The molecule has 0 rings (SSSR count). The summed E-state index contributed by atoms with van der Waals surface area (Å²) >= 11 is 1.60. The second-order valence-electron chi connectivity index (χ2n) is 5.93. The van der Waals surface area contributed by atoms with Gasteiger partial charge in [-0.25, -0.2) is 0 Å². The molecule has 0 bridgehead atoms. The number of thioether (sulfide) groups is 1. The third kappa shape index (κ3) is 20.4. The minimum absolute atomic E-state index is 0.0213. The van der Waals surface area contributed by atoms with E-state index >= 15 is 0 Å². The van der Waals surface area contributed by atoms with Crippen molar-refractivity contribution < 1.29 is 34.5 Å². The SMILES string of the molecule is CC[C@H](C)[C@H](N)C(=O)O.CSCC[C@H](N)C(=O)O.NC(=O)CC[C@H](N)C(=O)O. The van der Waals surface area contributed by atoms with Crippen LogP contribution in [0.5, 0.6) is 0 Å². The topological polar surface area (TPSA) is 233 Å². The normalized spacial score (nSPS) is 14.1. The fourth-order valence-corrected chi connectivity index (χ4v) is 1.78. The number of nitrogens with two attached hydrogens (primary N) is 4. The van der Waals surface area contributed by atoms with Crippen molar-refractivity contribution in [3.05, 3.63) is 0 Å². The number of carbonyl (C=O) groups excluding carboxylic acids is 1. The van der Waals surface area contributed by atoms with Gasteiger partial charge in [-0.3, -0.25) is 19.2 Å². The lowest BCUT2D eigenvalue weighted by molar-refractivity contribution is -0.140. The van der Waals surface area contributed by atoms with Gasteiger partial charge in [0.05, 0.1) is 0 Å². The molecule has 0 saturated heterocycles. The van der Waals surface area contributed by atoms with Crippen LogP contribution in [0.1, 0.15) is 39.5 Å². The summed E-state index contributed by atoms with van der Waals surface area (Å²) in [5.41, 5.74) is 20.3. The largest absolute Gasteiger partial charge is 0.480 e. The van der Waals surface area contributed by atoms with Crippen molar-refractivity contribution >= 4 is 35.6 Å². The fourth-order valence-electron chi connectivity index (χ4n) is 1.29. The van der Waals surface area contributed by atoms with E-state index in [1.807, 2.05) is 20.1 Å². The van der Waals surface area contributed by atoms with Gasteiger partial charge in [0.1, 0.15) is 18.1 Å². The van der Waals surface area contributed by atoms with Crippen molar-refractivity contribution in [1.29, 1.82) is 0 Å². The molecule has 0 spiro atoms. The van der Waals surface area contributed by atoms with Gasteiger partial charge in [-0.15, -0.1) is 0 Å². The zero-order valence-corrected chi connectivity index (χ0v) is 17.4. The van der Waals surface area contributed by atoms with Gasteiger partial charge < -0.3 is 38.3 Å². The quantitative estimate of drug-likeness (QED) is 0.217. The van der Waals surface area contributed by atoms with Crippen molar-refractivity contribution in [2.75, 3.05) is 12.0 Å². The highest BCUT2D eigenvalue weighted by molar-refractivity contribution is 7.98. The summed E-state index contributed by atoms with van der Waals surface area (Å²) in [6.07, 6.45) is 3.41. The van der Waals surface area contributed by atoms with Crippen LogP contribution in [-0.4, -0.2) is 69.3 Å². The molecule has 4 atom stereocenters. The first-order chi connectivity index (χ1) is 12.8. The molecule has 0 radical (unpaired) electrons. The van der Waals surface area contributed by atoms with Crippen LogP contribution >= 0.6 is 11.8 Å². The Morgan fingerprint density at radius 3 is 1.57 bits per heavy atom. The summed E-state index contributed by atoms with van der Waals surface area (Å²) in [7, 11) is 0. The van der Waals surface area contributed by atoms with Gasteiger partial charge in [-0.2, -0.15) is 11.8 Å². The van der Waals surface area contributed by atoms with Crippen LogP contribution in [0.25, 0.3) is 0 Å². The first-order valence-corrected chi connectivity index (χ1v) is 9.93. The molecule has 0 aromatic carbocycles. The number of hydrogen-bond donors (Lipinski definition) is 7. The fraction of sp³-hybridized carbons (Fsp3) is 0.750. The van der Waals surface area contributed by atoms with E-state index < -0.39 is 41.9 Å². The summed E-state index contributed by atoms with van der Waals surface area (Å²) in [6.45, 7) is 3.76. The van der Waals surface area contributed by atoms with Crippen LogP contribution in [0, 0.1) is 5.92 Å². The molecular formula is C16H34N4O7S. The molecule has 0 aromatic rings. The summed E-state index contributed by atoms with van der Waals surface area (Å²) in [5, 5.41) is 24.9. The van der Waals surface area contributed by atoms with Crippen LogP contribution < -0.4 is 22.9 Å². The number of hydrogen-bond acceptors (Lipinski definition) is 8. The molecule has 28 heavy (non-hydrogen) atoms. The van der Waals surface area contributed by atoms with Gasteiger partial charge in [0.25, 0.3) is 0 Å². The Balaban J connectivity index is -0.000000336. The maximum Gasteiger partial charge on any atom is 0.320 e. The summed E-state index contributed by atoms with van der Waals surface area (Å²) in [5.74, 6) is -2.58. The van der Waals surface area contributed by atoms with Crippen LogP contribution in [0.15, 0.2) is 0 Å². The van der Waals surface area contributed by atoms with E-state index in [0.29, 0.717) is 6.42 Å². The Bertz CT molecular complexity index is 480. The molecule has 12 heteroatoms. The van der Waals surface area contributed by atoms with E-state index in [9.17, 15) is 19.2 Å². The number of aliphatic carboxylic acids is 3. The maximum atomic E-state index is 10.2. The standard InChI is InChI=1S/C6H13NO2.C5H10N2O3.C5H11NO2S/c1-3-4(2)5(7)6(8)9;6-3(5(9)10)1-2-4(7)8;1-9-3-2-4(6)5(7)8/h4-5H,3,7H2,1-2H3,(H,8,9);3H,1-2,6H2,(H2,7,8)(H,9,10);4H,2-3,6H2,1H3,(H,7,8)/t4-,5-;3-;4-/m000/s1. The first-order valence-electron chi connectivity index (χ1n) is 8.54. The Labute approximate surface area is 169 Å². The number of carboxylic acid groups (broad SMARTS) is 3. The average Bonchev–Trinajstić information content (AvgIpc) is 2.63. The predicted molar refractivity (Wildman–Crippen MR) is 108 cm³/mol. The lowest BCUT2D eigenvalue weighted by atomic mass is 10.0. The van der Waals surface area contributed by atoms with Gasteiger partial charge >= 0.3 is 17.9 Å². The minimum atomic E-state index is -1.11. The van der Waals surface area contributed by atoms with Gasteiger partial charge in [0.15, 0.2) is 0 Å². The first kappa shape index (κ1) is 30.8. The molecule has 11 nitrogen and oxygen atoms in total. The van der Waals surface area contributed by atoms with Crippen molar-refractivity contribution in [2.45, 2.75) is 57.7 Å². The average molecular weight is 427 g/mol. The van der Waals surface area contributed by atoms with Gasteiger partial charge in [0, 0.05) is 6.42 Å². The zero-order valence-electron chi connectivity index (χ0n) is 16.5. The van der Waals surface area contributed by atoms with E-state index in [4.69, 9.17) is 38.3 Å². The summed E-state index contributed by atoms with van der Waals surface area (Å²) < 4.78 is 0. The molecule has 0 heterocycles. The molecule has 0 aromatic heterocycles. The molecule has 0 aliphatic carbocycles. The van der Waals surface area contributed by atoms with Crippen molar-refractivity contribution in [3.63, 3.8) is 0 Å². The van der Waals surface area contributed by atoms with E-state index in [1.54, 1.807) is 11.8 Å². The van der Waals surface area contributed by atoms with Crippen molar-refractivity contribution in [1.82, 2.24) is 0 Å². The third-order valence-corrected chi connectivity index (χ3v) is 4.16. The number of rotatable bonds is 11. The number of amides is 1. The van der Waals surface area contributed by atoms with E-state index in [-0.39, 0.29) is 18.8 Å². The van der Waals surface area contributed by atoms with Crippen LogP contribution in [0.4, 0.5) is 0 Å². The van der Waals surface area contributed by atoms with Crippen molar-refractivity contribution in [3.8, 4) is 0 Å². The zero-order chi connectivity index (χ0) is 22.9. The molecule has 1 amide bonds. The van der Waals surface area contributed by atoms with E-state index in [2.05, 4.69) is 0 Å². The van der Waals surface area contributed by atoms with Crippen LogP contribution in [-0.2, 0) is 19.2 Å². The monoisotopic (exact) mass is 426 g/mol. The molecule has 0 saturated carbocycles. The lowest BCUT2D eigenvalue weighted by Crippen LogP contribution is -2.36. The number of carbonyl (C=O) groups is 4. The van der Waals surface area contributed by atoms with Gasteiger partial charge in [-0.1, -0.05) is 20.3 Å². The van der Waals surface area contributed by atoms with Crippen LogP contribution in [0.3, 0.4) is 0 Å². The Kier molecular flexibility index (Phi) is 20.3. The molecule has 0 fully saturated rings. The smallest absolute Gasteiger partial charge is 0.320 e.